The van der Waals surface area contributed by atoms with Crippen LogP contribution in [0.3, 0.4) is 0 Å². The maximum absolute atomic E-state index is 12.0. The predicted molar refractivity (Wildman–Crippen MR) is 101 cm³/mol. The minimum absolute atomic E-state index is 0.110. The summed E-state index contributed by atoms with van der Waals surface area (Å²) in [5, 5.41) is 2.91. The summed E-state index contributed by atoms with van der Waals surface area (Å²) in [5.74, 6) is -0.110. The third-order valence-electron chi connectivity index (χ3n) is 4.36. The van der Waals surface area contributed by atoms with E-state index in [4.69, 9.17) is 0 Å². The first-order valence-electron chi connectivity index (χ1n) is 8.61. The molecule has 0 atom stereocenters. The molecule has 1 aliphatic rings. The van der Waals surface area contributed by atoms with Crippen LogP contribution in [0.5, 0.6) is 0 Å². The van der Waals surface area contributed by atoms with Gasteiger partial charge in [-0.15, -0.1) is 0 Å². The lowest BCUT2D eigenvalue weighted by atomic mass is 10.1. The summed E-state index contributed by atoms with van der Waals surface area (Å²) in [6.07, 6.45) is 7.27. The minimum Gasteiger partial charge on any atom is -0.372 e. The molecule has 0 aliphatic carbocycles. The first kappa shape index (κ1) is 16.3. The van der Waals surface area contributed by atoms with Crippen LogP contribution in [0.25, 0.3) is 6.08 Å². The van der Waals surface area contributed by atoms with E-state index in [1.165, 1.54) is 30.5 Å². The molecule has 3 nitrogen and oxygen atoms in total. The molecule has 1 heterocycles. The average Bonchev–Trinajstić information content (AvgIpc) is 2.63. The Morgan fingerprint density at radius 1 is 0.958 bits per heavy atom. The van der Waals surface area contributed by atoms with E-state index in [2.05, 4.69) is 22.3 Å². The molecule has 0 unspecified atom stereocenters. The molecule has 1 aliphatic heterocycles. The largest absolute Gasteiger partial charge is 0.372 e. The summed E-state index contributed by atoms with van der Waals surface area (Å²) in [7, 11) is 0. The van der Waals surface area contributed by atoms with Gasteiger partial charge in [0.05, 0.1) is 0 Å². The Morgan fingerprint density at radius 2 is 1.62 bits per heavy atom. The van der Waals surface area contributed by atoms with Gasteiger partial charge in [-0.25, -0.2) is 0 Å². The third-order valence-corrected chi connectivity index (χ3v) is 4.36. The van der Waals surface area contributed by atoms with Crippen LogP contribution in [0.1, 0.15) is 30.4 Å². The highest BCUT2D eigenvalue weighted by Gasteiger charge is 2.10. The SMILES string of the molecule is Cc1ccc(C=CC(=O)Nc2ccc(N3CCCCC3)cc2)cc1. The van der Waals surface area contributed by atoms with Crippen molar-refractivity contribution in [3.8, 4) is 0 Å². The number of rotatable bonds is 4. The number of carbonyl (C=O) groups is 1. The van der Waals surface area contributed by atoms with Gasteiger partial charge in [-0.05, 0) is 62.1 Å². The highest BCUT2D eigenvalue weighted by molar-refractivity contribution is 6.02. The van der Waals surface area contributed by atoms with Crippen LogP contribution < -0.4 is 10.2 Å². The highest BCUT2D eigenvalue weighted by Crippen LogP contribution is 2.21. The van der Waals surface area contributed by atoms with Gasteiger partial charge in [-0.1, -0.05) is 29.8 Å². The average molecular weight is 320 g/mol. The molecule has 0 spiro atoms. The van der Waals surface area contributed by atoms with Crippen molar-refractivity contribution in [3.05, 3.63) is 65.7 Å². The second-order valence-electron chi connectivity index (χ2n) is 6.33. The first-order valence-corrected chi connectivity index (χ1v) is 8.61. The number of hydrogen-bond acceptors (Lipinski definition) is 2. The van der Waals surface area contributed by atoms with Crippen molar-refractivity contribution in [2.75, 3.05) is 23.3 Å². The fourth-order valence-electron chi connectivity index (χ4n) is 2.94. The number of nitrogens with one attached hydrogen (secondary N) is 1. The summed E-state index contributed by atoms with van der Waals surface area (Å²) in [4.78, 5) is 14.4. The maximum atomic E-state index is 12.0. The van der Waals surface area contributed by atoms with Crippen molar-refractivity contribution in [3.63, 3.8) is 0 Å². The standard InChI is InChI=1S/C21H24N2O/c1-17-5-7-18(8-6-17)9-14-21(24)22-19-10-12-20(13-11-19)23-15-3-2-4-16-23/h5-14H,2-4,15-16H2,1H3,(H,22,24). The van der Waals surface area contributed by atoms with Gasteiger partial charge in [0.2, 0.25) is 5.91 Å². The Balaban J connectivity index is 1.57. The van der Waals surface area contributed by atoms with Crippen LogP contribution in [-0.2, 0) is 4.79 Å². The summed E-state index contributed by atoms with van der Waals surface area (Å²) in [6.45, 7) is 4.31. The van der Waals surface area contributed by atoms with Gasteiger partial charge in [-0.2, -0.15) is 0 Å². The van der Waals surface area contributed by atoms with E-state index in [1.54, 1.807) is 6.08 Å². The maximum Gasteiger partial charge on any atom is 0.248 e. The predicted octanol–water partition coefficient (Wildman–Crippen LogP) is 4.64. The molecular formula is C21H24N2O. The topological polar surface area (TPSA) is 32.3 Å². The number of piperidine rings is 1. The van der Waals surface area contributed by atoms with E-state index in [-0.39, 0.29) is 5.91 Å². The van der Waals surface area contributed by atoms with Crippen LogP contribution in [-0.4, -0.2) is 19.0 Å². The van der Waals surface area contributed by atoms with Crippen LogP contribution >= 0.6 is 0 Å². The molecule has 2 aromatic carbocycles. The second-order valence-corrected chi connectivity index (χ2v) is 6.33. The van der Waals surface area contributed by atoms with Crippen LogP contribution in [0, 0.1) is 6.92 Å². The third kappa shape index (κ3) is 4.48. The van der Waals surface area contributed by atoms with Crippen molar-refractivity contribution >= 4 is 23.4 Å². The molecule has 1 fully saturated rings. The zero-order valence-electron chi connectivity index (χ0n) is 14.2. The van der Waals surface area contributed by atoms with Crippen molar-refractivity contribution in [2.45, 2.75) is 26.2 Å². The number of hydrogen-bond donors (Lipinski definition) is 1. The number of carbonyl (C=O) groups excluding carboxylic acids is 1. The molecule has 0 bridgehead atoms. The lowest BCUT2D eigenvalue weighted by molar-refractivity contribution is -0.111. The quantitative estimate of drug-likeness (QED) is 0.833. The summed E-state index contributed by atoms with van der Waals surface area (Å²) < 4.78 is 0. The zero-order valence-corrected chi connectivity index (χ0v) is 14.2. The lowest BCUT2D eigenvalue weighted by Crippen LogP contribution is -2.29. The minimum atomic E-state index is -0.110. The van der Waals surface area contributed by atoms with Gasteiger partial charge in [0.15, 0.2) is 0 Å². The van der Waals surface area contributed by atoms with E-state index in [9.17, 15) is 4.79 Å². The second kappa shape index (κ2) is 7.82. The highest BCUT2D eigenvalue weighted by atomic mass is 16.1. The molecule has 0 radical (unpaired) electrons. The Morgan fingerprint density at radius 3 is 2.29 bits per heavy atom. The summed E-state index contributed by atoms with van der Waals surface area (Å²) in [5.41, 5.74) is 4.30. The van der Waals surface area contributed by atoms with Gasteiger partial charge >= 0.3 is 0 Å². The van der Waals surface area contributed by atoms with E-state index in [0.717, 1.165) is 24.3 Å². The van der Waals surface area contributed by atoms with Crippen molar-refractivity contribution in [1.82, 2.24) is 0 Å². The molecule has 3 rings (SSSR count). The Kier molecular flexibility index (Phi) is 5.32. The molecule has 0 saturated carbocycles. The molecule has 2 aromatic rings. The fraction of sp³-hybridized carbons (Fsp3) is 0.286. The van der Waals surface area contributed by atoms with Crippen molar-refractivity contribution in [1.29, 1.82) is 0 Å². The lowest BCUT2D eigenvalue weighted by Gasteiger charge is -2.28. The van der Waals surface area contributed by atoms with Gasteiger partial charge in [-0.3, -0.25) is 4.79 Å². The molecule has 1 N–H and O–H groups in total. The van der Waals surface area contributed by atoms with Gasteiger partial charge < -0.3 is 10.2 Å². The van der Waals surface area contributed by atoms with E-state index >= 15 is 0 Å². The van der Waals surface area contributed by atoms with Crippen LogP contribution in [0.15, 0.2) is 54.6 Å². The Hall–Kier alpha value is -2.55. The Bertz CT molecular complexity index is 696. The summed E-state index contributed by atoms with van der Waals surface area (Å²) >= 11 is 0. The zero-order chi connectivity index (χ0) is 16.8. The van der Waals surface area contributed by atoms with E-state index in [0.29, 0.717) is 0 Å². The first-order chi connectivity index (χ1) is 11.7. The monoisotopic (exact) mass is 320 g/mol. The van der Waals surface area contributed by atoms with E-state index < -0.39 is 0 Å². The molecule has 3 heteroatoms. The number of nitrogens with zero attached hydrogens (tertiary/aromatic N) is 1. The van der Waals surface area contributed by atoms with E-state index in [1.807, 2.05) is 49.4 Å². The molecule has 0 aromatic heterocycles. The smallest absolute Gasteiger partial charge is 0.248 e. The molecular weight excluding hydrogens is 296 g/mol. The normalized spacial score (nSPS) is 14.8. The molecule has 24 heavy (non-hydrogen) atoms. The number of aryl methyl sites for hydroxylation is 1. The molecule has 1 saturated heterocycles. The van der Waals surface area contributed by atoms with Gasteiger partial charge in [0.1, 0.15) is 0 Å². The van der Waals surface area contributed by atoms with Crippen LogP contribution in [0.2, 0.25) is 0 Å². The number of anilines is 2. The van der Waals surface area contributed by atoms with Gasteiger partial charge in [0, 0.05) is 30.5 Å². The molecule has 1 amide bonds. The Labute approximate surface area is 144 Å². The van der Waals surface area contributed by atoms with Crippen LogP contribution in [0.4, 0.5) is 11.4 Å². The van der Waals surface area contributed by atoms with Crippen molar-refractivity contribution < 1.29 is 4.79 Å². The fourth-order valence-corrected chi connectivity index (χ4v) is 2.94. The van der Waals surface area contributed by atoms with Gasteiger partial charge in [0.25, 0.3) is 0 Å². The number of amides is 1. The summed E-state index contributed by atoms with van der Waals surface area (Å²) in [6, 6.07) is 16.2. The molecule has 124 valence electrons. The van der Waals surface area contributed by atoms with Crippen molar-refractivity contribution in [2.24, 2.45) is 0 Å². The number of benzene rings is 2.